The normalized spacial score (nSPS) is 10.8. The second kappa shape index (κ2) is 45.0. The van der Waals surface area contributed by atoms with Gasteiger partial charge in [-0.25, -0.2) is 27.4 Å². The number of aromatic nitrogens is 3. The van der Waals surface area contributed by atoms with Crippen LogP contribution in [0.4, 0.5) is 17.5 Å². The predicted molar refractivity (Wildman–Crippen MR) is 365 cm³/mol. The molecule has 0 bridgehead atoms. The van der Waals surface area contributed by atoms with E-state index < -0.39 is 12.6 Å². The average Bonchev–Trinajstić information content (AvgIpc) is 2.36. The van der Waals surface area contributed by atoms with Crippen molar-refractivity contribution < 1.29 is 57.4 Å². The number of pyridine rings is 3. The average molecular weight is 1310 g/mol. The monoisotopic (exact) mass is 1310 g/mol. The molecule has 6 aromatic rings. The van der Waals surface area contributed by atoms with Gasteiger partial charge in [-0.1, -0.05) is 57.2 Å². The number of benzene rings is 3. The fraction of sp³-hybridized carbons (Fsp3) is 0.308. The second-order valence-corrected chi connectivity index (χ2v) is 19.8. The van der Waals surface area contributed by atoms with E-state index in [9.17, 15) is 43.2 Å². The Kier molecular flexibility index (Phi) is 35.6. The van der Waals surface area contributed by atoms with Gasteiger partial charge < -0.3 is 46.0 Å². The first-order valence-electron chi connectivity index (χ1n) is 30.6. The number of ether oxygens (including phenoxy) is 3. The topological polar surface area (TPSA) is 365 Å². The highest BCUT2D eigenvalue weighted by Gasteiger charge is 2.10. The van der Waals surface area contributed by atoms with Crippen LogP contribution in [0.15, 0.2) is 143 Å². The van der Waals surface area contributed by atoms with Gasteiger partial charge in [-0.3, -0.25) is 59.4 Å². The van der Waals surface area contributed by atoms with Crippen LogP contribution in [0, 0.1) is 0 Å². The zero-order valence-corrected chi connectivity index (χ0v) is 54.0. The van der Waals surface area contributed by atoms with Crippen molar-refractivity contribution in [1.82, 2.24) is 46.8 Å². The largest absolute Gasteiger partial charge is 0.388 e. The molecule has 496 valence electrons. The van der Waals surface area contributed by atoms with Crippen molar-refractivity contribution in [2.24, 2.45) is 15.3 Å². The van der Waals surface area contributed by atoms with E-state index in [2.05, 4.69) is 90.8 Å². The maximum absolute atomic E-state index is 12.2. The molecule has 0 fully saturated rings. The van der Waals surface area contributed by atoms with E-state index in [1.807, 2.05) is 20.8 Å². The van der Waals surface area contributed by atoms with E-state index in [1.165, 1.54) is 18.6 Å². The lowest BCUT2D eigenvalue weighted by Crippen LogP contribution is -2.27. The minimum Gasteiger partial charge on any atom is -0.388 e. The predicted octanol–water partition coefficient (Wildman–Crippen LogP) is 5.57. The van der Waals surface area contributed by atoms with Crippen molar-refractivity contribution in [2.45, 2.75) is 59.3 Å². The molecule has 3 aromatic carbocycles. The van der Waals surface area contributed by atoms with Crippen LogP contribution in [0.2, 0.25) is 0 Å². The van der Waals surface area contributed by atoms with Crippen LogP contribution in [0.5, 0.6) is 0 Å². The SMILES string of the molecule is CCC(=O)CCOCCNC(=O)c1ccc(/C=N/Nc2ccc(C(=O)NC)cn2)cc1.CCC(=O)CCOCCNC(=O)c1ccc(/C=N/Nc2ccc(C(=O)NC)cn2)cc1.[3H]B(S)NC(=O)c1ccc(N/N=C/c2ccc(C(=O)NCCOCCC(=O)CC)cc2)nc1. The zero-order chi connectivity index (χ0) is 69.0. The van der Waals surface area contributed by atoms with Crippen LogP contribution >= 0.6 is 12.5 Å². The van der Waals surface area contributed by atoms with Crippen molar-refractivity contribution in [3.8, 4) is 0 Å². The Morgan fingerprint density at radius 2 is 0.691 bits per heavy atom. The van der Waals surface area contributed by atoms with Gasteiger partial charge in [-0.05, 0) is 89.5 Å². The van der Waals surface area contributed by atoms with Gasteiger partial charge >= 0.3 is 6.66 Å². The lowest BCUT2D eigenvalue weighted by atomic mass is 10.1. The minimum absolute atomic E-state index is 0.157. The molecule has 0 spiro atoms. The Balaban J connectivity index is 0.000000303. The summed E-state index contributed by atoms with van der Waals surface area (Å²) in [6, 6.07) is 30.5. The first kappa shape index (κ1) is 74.4. The third-order valence-electron chi connectivity index (χ3n) is 12.8. The van der Waals surface area contributed by atoms with Crippen molar-refractivity contribution in [3.05, 3.63) is 178 Å². The van der Waals surface area contributed by atoms with Crippen molar-refractivity contribution in [1.29, 1.82) is 1.34 Å². The number of nitrogens with one attached hydrogen (secondary N) is 9. The fourth-order valence-electron chi connectivity index (χ4n) is 7.31. The first-order chi connectivity index (χ1) is 45.9. The number of Topliss-reactive ketones (excluding diaryl/α,β-unsaturated/α-hetero) is 3. The Labute approximate surface area is 553 Å². The van der Waals surface area contributed by atoms with Crippen LogP contribution in [0.1, 0.15) is 138 Å². The quantitative estimate of drug-likeness (QED) is 0.00748. The fourth-order valence-corrected chi connectivity index (χ4v) is 7.42. The van der Waals surface area contributed by atoms with Crippen LogP contribution in [-0.2, 0) is 28.6 Å². The summed E-state index contributed by atoms with van der Waals surface area (Å²) in [4.78, 5) is 117. The first-order valence-corrected chi connectivity index (χ1v) is 30.5. The van der Waals surface area contributed by atoms with Crippen LogP contribution < -0.4 is 48.1 Å². The molecule has 3 aromatic heterocycles. The highest BCUT2D eigenvalue weighted by Crippen LogP contribution is 2.11. The lowest BCUT2D eigenvalue weighted by Gasteiger charge is -2.06. The lowest BCUT2D eigenvalue weighted by molar-refractivity contribution is -0.120. The van der Waals surface area contributed by atoms with Crippen LogP contribution in [0.25, 0.3) is 0 Å². The molecule has 6 amide bonds. The molecular formula is C65H80BN15O12S. The zero-order valence-electron chi connectivity index (χ0n) is 54.1. The molecule has 0 radical (unpaired) electrons. The van der Waals surface area contributed by atoms with Crippen LogP contribution in [-0.4, -0.2) is 168 Å². The Morgan fingerprint density at radius 1 is 0.415 bits per heavy atom. The molecule has 0 saturated carbocycles. The van der Waals surface area contributed by atoms with Crippen molar-refractivity contribution in [2.75, 3.05) is 89.6 Å². The van der Waals surface area contributed by atoms with Crippen LogP contribution in [0.3, 0.4) is 0 Å². The highest BCUT2D eigenvalue weighted by atomic mass is 32.1. The number of hydrazone groups is 3. The summed E-state index contributed by atoms with van der Waals surface area (Å²) in [5.74, 6) is 0.465. The molecule has 3 heterocycles. The molecule has 27 nitrogen and oxygen atoms in total. The van der Waals surface area contributed by atoms with E-state index in [1.54, 1.807) is 142 Å². The second-order valence-electron chi connectivity index (χ2n) is 19.6. The summed E-state index contributed by atoms with van der Waals surface area (Å²) in [6.07, 6.45) is 11.8. The molecule has 0 aliphatic heterocycles. The van der Waals surface area contributed by atoms with Crippen molar-refractivity contribution >= 4 is 108 Å². The Morgan fingerprint density at radius 3 is 0.936 bits per heavy atom. The smallest absolute Gasteiger partial charge is 0.301 e. The van der Waals surface area contributed by atoms with Gasteiger partial charge in [0.15, 0.2) is 0 Å². The van der Waals surface area contributed by atoms with Gasteiger partial charge in [0.05, 0.1) is 75.0 Å². The number of carbonyl (C=O) groups is 9. The van der Waals surface area contributed by atoms with Gasteiger partial charge in [0, 0.05) is 109 Å². The van der Waals surface area contributed by atoms with Gasteiger partial charge in [-0.15, -0.1) is 0 Å². The number of hydrogen-bond donors (Lipinski definition) is 10. The maximum Gasteiger partial charge on any atom is 0.301 e. The highest BCUT2D eigenvalue weighted by molar-refractivity contribution is 8.06. The van der Waals surface area contributed by atoms with E-state index in [0.717, 1.165) is 16.7 Å². The van der Waals surface area contributed by atoms with Gasteiger partial charge in [-0.2, -0.15) is 15.3 Å². The Hall–Kier alpha value is -10.4. The number of anilines is 3. The number of nitrogens with zero attached hydrogens (tertiary/aromatic N) is 6. The third kappa shape index (κ3) is 30.6. The molecule has 0 aliphatic carbocycles. The van der Waals surface area contributed by atoms with Gasteiger partial charge in [0.1, 0.15) is 34.8 Å². The standard InChI is InChI=1S/2C22H27N5O4.C21H26BN5O4S/c2*1-3-19(28)10-12-31-13-11-24-22(30)17-6-4-16(5-7-17)14-26-27-20-9-8-18(15-25-20)21(29)23-2;1-2-18(28)9-11-31-12-10-23-20(29)16-5-3-15(4-6-16)13-25-27-19-8-7-17(14-24-19)21(30)26-22-32/h2*4-9,14-15H,3,10-13H2,1-2H3,(H,23,29)(H,24,30)(H,25,27);3-8,13-14,22,32H,2,9-12H2,1H3,(H,23,29)(H,24,27)(H,26,30)/b2*26-14+;25-13+/i;;22T. The number of hydrogen-bond acceptors (Lipinski definition) is 22. The van der Waals surface area contributed by atoms with Crippen molar-refractivity contribution in [3.63, 3.8) is 0 Å². The number of rotatable bonds is 37. The van der Waals surface area contributed by atoms with E-state index in [4.69, 9.17) is 15.5 Å². The molecule has 0 unspecified atom stereocenters. The molecule has 29 heteroatoms. The van der Waals surface area contributed by atoms with E-state index >= 15 is 0 Å². The third-order valence-corrected chi connectivity index (χ3v) is 12.9. The molecule has 0 saturated heterocycles. The number of thiol groups is 1. The molecule has 94 heavy (non-hydrogen) atoms. The maximum atomic E-state index is 12.2. The summed E-state index contributed by atoms with van der Waals surface area (Å²) in [5.41, 5.74) is 13.5. The number of ketones is 3. The van der Waals surface area contributed by atoms with E-state index in [-0.39, 0.29) is 46.9 Å². The Bertz CT molecular complexity index is 3330. The number of amides is 6. The molecule has 0 atom stereocenters. The molecular weight excluding hydrogens is 1230 g/mol. The van der Waals surface area contributed by atoms with Gasteiger partial charge in [0.25, 0.3) is 29.5 Å². The van der Waals surface area contributed by atoms with E-state index in [0.29, 0.717) is 149 Å². The summed E-state index contributed by atoms with van der Waals surface area (Å²) < 4.78 is 23.2. The number of carbonyl (C=O) groups excluding carboxylic acids is 9. The summed E-state index contributed by atoms with van der Waals surface area (Å²) in [6.45, 7) is 7.74. The molecule has 6 rings (SSSR count). The molecule has 9 N–H and O–H groups in total. The van der Waals surface area contributed by atoms with Gasteiger partial charge in [0.2, 0.25) is 5.91 Å². The summed E-state index contributed by atoms with van der Waals surface area (Å²) in [5, 5.41) is 28.0. The molecule has 0 aliphatic rings. The summed E-state index contributed by atoms with van der Waals surface area (Å²) >= 11 is 3.79. The minimum atomic E-state index is -1.00. The summed E-state index contributed by atoms with van der Waals surface area (Å²) in [7, 11) is 3.11.